The molecule has 3 aromatic carbocycles. The van der Waals surface area contributed by atoms with Crippen molar-refractivity contribution >= 4 is 28.1 Å². The van der Waals surface area contributed by atoms with Crippen LogP contribution in [-0.4, -0.2) is 16.9 Å². The summed E-state index contributed by atoms with van der Waals surface area (Å²) < 4.78 is 6.10. The van der Waals surface area contributed by atoms with Gasteiger partial charge in [0.05, 0.1) is 16.4 Å². The number of nitrogens with one attached hydrogen (secondary N) is 1. The van der Waals surface area contributed by atoms with Crippen molar-refractivity contribution in [3.63, 3.8) is 0 Å². The summed E-state index contributed by atoms with van der Waals surface area (Å²) >= 11 is 0. The molecule has 0 aromatic heterocycles. The zero-order valence-electron chi connectivity index (χ0n) is 19.2. The third-order valence-electron chi connectivity index (χ3n) is 6.81. The summed E-state index contributed by atoms with van der Waals surface area (Å²) in [5.74, 6) is 0.748. The highest BCUT2D eigenvalue weighted by Gasteiger charge is 2.41. The Bertz CT molecular complexity index is 1150. The highest BCUT2D eigenvalue weighted by molar-refractivity contribution is 6.07. The predicted molar refractivity (Wildman–Crippen MR) is 131 cm³/mol. The molecular weight excluding hydrogens is 416 g/mol. The molecule has 3 aromatic rings. The second-order valence-electron chi connectivity index (χ2n) is 8.89. The van der Waals surface area contributed by atoms with E-state index >= 15 is 0 Å². The Kier molecular flexibility index (Phi) is 6.63. The second-order valence-corrected chi connectivity index (χ2v) is 8.89. The van der Waals surface area contributed by atoms with Crippen molar-refractivity contribution in [1.29, 1.82) is 0 Å². The summed E-state index contributed by atoms with van der Waals surface area (Å²) in [4.78, 5) is 24.5. The molecule has 1 aliphatic rings. The van der Waals surface area contributed by atoms with Gasteiger partial charge in [0.2, 0.25) is 5.91 Å². The van der Waals surface area contributed by atoms with Gasteiger partial charge >= 0.3 is 0 Å². The first-order valence-corrected chi connectivity index (χ1v) is 11.7. The fourth-order valence-corrected chi connectivity index (χ4v) is 4.73. The first-order valence-electron chi connectivity index (χ1n) is 11.7. The molecule has 1 atom stereocenters. The van der Waals surface area contributed by atoms with Crippen LogP contribution in [0.25, 0.3) is 10.8 Å². The van der Waals surface area contributed by atoms with E-state index in [0.29, 0.717) is 0 Å². The van der Waals surface area contributed by atoms with Crippen LogP contribution in [0.1, 0.15) is 57.9 Å². The SMILES string of the molecule is CCC(C)Oc1ccc(NC(=O)C2(c3ccc([N+](=O)[O-])cc3)CCCCC2)c2ccccc12. The number of ether oxygens (including phenoxy) is 1. The quantitative estimate of drug-likeness (QED) is 0.321. The molecule has 172 valence electrons. The van der Waals surface area contributed by atoms with Crippen molar-refractivity contribution in [3.8, 4) is 5.75 Å². The predicted octanol–water partition coefficient (Wildman–Crippen LogP) is 6.77. The number of benzene rings is 3. The lowest BCUT2D eigenvalue weighted by molar-refractivity contribution is -0.384. The van der Waals surface area contributed by atoms with E-state index in [9.17, 15) is 14.9 Å². The van der Waals surface area contributed by atoms with E-state index in [4.69, 9.17) is 4.74 Å². The summed E-state index contributed by atoms with van der Waals surface area (Å²) in [6.45, 7) is 4.13. The van der Waals surface area contributed by atoms with Gasteiger partial charge in [-0.2, -0.15) is 0 Å². The Hall–Kier alpha value is -3.41. The number of amides is 1. The van der Waals surface area contributed by atoms with Gasteiger partial charge in [-0.1, -0.05) is 62.6 Å². The highest BCUT2D eigenvalue weighted by atomic mass is 16.6. The largest absolute Gasteiger partial charge is 0.490 e. The third kappa shape index (κ3) is 4.56. The molecule has 0 heterocycles. The molecule has 1 N–H and O–H groups in total. The number of hydrogen-bond donors (Lipinski definition) is 1. The zero-order chi connectivity index (χ0) is 23.4. The van der Waals surface area contributed by atoms with Gasteiger partial charge in [-0.25, -0.2) is 0 Å². The van der Waals surface area contributed by atoms with Crippen molar-refractivity contribution in [2.24, 2.45) is 0 Å². The summed E-state index contributed by atoms with van der Waals surface area (Å²) in [5, 5.41) is 16.2. The summed E-state index contributed by atoms with van der Waals surface area (Å²) in [6, 6.07) is 18.2. The standard InChI is InChI=1S/C27H30N2O4/c1-3-19(2)33-25-16-15-24(22-9-5-6-10-23(22)25)28-26(30)27(17-7-4-8-18-27)20-11-13-21(14-12-20)29(31)32/h5-6,9-16,19H,3-4,7-8,17-18H2,1-2H3,(H,28,30). The molecule has 33 heavy (non-hydrogen) atoms. The van der Waals surface area contributed by atoms with E-state index in [0.717, 1.165) is 66.3 Å². The normalized spacial score (nSPS) is 16.2. The van der Waals surface area contributed by atoms with Gasteiger partial charge in [-0.05, 0) is 43.9 Å². The molecule has 0 bridgehead atoms. The van der Waals surface area contributed by atoms with Crippen LogP contribution in [0.4, 0.5) is 11.4 Å². The van der Waals surface area contributed by atoms with Crippen LogP contribution in [0.15, 0.2) is 60.7 Å². The molecule has 6 nitrogen and oxygen atoms in total. The van der Waals surface area contributed by atoms with Gasteiger partial charge in [0, 0.05) is 28.6 Å². The average Bonchev–Trinajstić information content (AvgIpc) is 2.85. The second kappa shape index (κ2) is 9.61. The number of nitro benzene ring substituents is 1. The van der Waals surface area contributed by atoms with Gasteiger partial charge < -0.3 is 10.1 Å². The lowest BCUT2D eigenvalue weighted by Gasteiger charge is -2.36. The molecular formula is C27H30N2O4. The molecule has 1 amide bonds. The van der Waals surface area contributed by atoms with Gasteiger partial charge in [0.25, 0.3) is 5.69 Å². The number of carbonyl (C=O) groups excluding carboxylic acids is 1. The molecule has 1 aliphatic carbocycles. The Morgan fingerprint density at radius 1 is 1.03 bits per heavy atom. The Morgan fingerprint density at radius 2 is 1.70 bits per heavy atom. The molecule has 1 fully saturated rings. The zero-order valence-corrected chi connectivity index (χ0v) is 19.2. The van der Waals surface area contributed by atoms with Crippen molar-refractivity contribution < 1.29 is 14.5 Å². The number of nitrogens with zero attached hydrogens (tertiary/aromatic N) is 1. The van der Waals surface area contributed by atoms with Crippen LogP contribution in [0.5, 0.6) is 5.75 Å². The first-order chi connectivity index (χ1) is 15.9. The van der Waals surface area contributed by atoms with Crippen molar-refractivity contribution in [1.82, 2.24) is 0 Å². The topological polar surface area (TPSA) is 81.5 Å². The maximum absolute atomic E-state index is 13.8. The molecule has 1 saturated carbocycles. The summed E-state index contributed by atoms with van der Waals surface area (Å²) in [5.41, 5.74) is 0.929. The minimum atomic E-state index is -0.694. The van der Waals surface area contributed by atoms with Crippen molar-refractivity contribution in [2.75, 3.05) is 5.32 Å². The van der Waals surface area contributed by atoms with E-state index in [1.807, 2.05) is 43.3 Å². The molecule has 0 radical (unpaired) electrons. The van der Waals surface area contributed by atoms with E-state index in [2.05, 4.69) is 12.2 Å². The molecule has 0 spiro atoms. The number of hydrogen-bond acceptors (Lipinski definition) is 4. The Morgan fingerprint density at radius 3 is 2.33 bits per heavy atom. The smallest absolute Gasteiger partial charge is 0.269 e. The van der Waals surface area contributed by atoms with E-state index < -0.39 is 10.3 Å². The van der Waals surface area contributed by atoms with Crippen LogP contribution in [0, 0.1) is 10.1 Å². The van der Waals surface area contributed by atoms with Crippen molar-refractivity contribution in [3.05, 3.63) is 76.3 Å². The Labute approximate surface area is 194 Å². The molecule has 4 rings (SSSR count). The van der Waals surface area contributed by atoms with Gasteiger partial charge in [-0.15, -0.1) is 0 Å². The van der Waals surface area contributed by atoms with Gasteiger partial charge in [0.1, 0.15) is 5.75 Å². The number of rotatable bonds is 7. The molecule has 0 aliphatic heterocycles. The summed E-state index contributed by atoms with van der Waals surface area (Å²) in [7, 11) is 0. The monoisotopic (exact) mass is 446 g/mol. The fraction of sp³-hybridized carbons (Fsp3) is 0.370. The molecule has 6 heteroatoms. The van der Waals surface area contributed by atoms with Crippen LogP contribution in [-0.2, 0) is 10.2 Å². The van der Waals surface area contributed by atoms with Gasteiger partial charge in [-0.3, -0.25) is 14.9 Å². The van der Waals surface area contributed by atoms with Crippen LogP contribution >= 0.6 is 0 Å². The fourth-order valence-electron chi connectivity index (χ4n) is 4.73. The lowest BCUT2D eigenvalue weighted by atomic mass is 9.68. The first kappa shape index (κ1) is 22.8. The lowest BCUT2D eigenvalue weighted by Crippen LogP contribution is -2.42. The third-order valence-corrected chi connectivity index (χ3v) is 6.81. The number of non-ortho nitro benzene ring substituents is 1. The number of nitro groups is 1. The molecule has 1 unspecified atom stereocenters. The van der Waals surface area contributed by atoms with Gasteiger partial charge in [0.15, 0.2) is 0 Å². The minimum absolute atomic E-state index is 0.0352. The number of carbonyl (C=O) groups is 1. The maximum atomic E-state index is 13.8. The molecule has 0 saturated heterocycles. The number of anilines is 1. The maximum Gasteiger partial charge on any atom is 0.269 e. The highest BCUT2D eigenvalue weighted by Crippen LogP contribution is 2.42. The summed E-state index contributed by atoms with van der Waals surface area (Å²) in [6.07, 6.45) is 5.45. The van der Waals surface area contributed by atoms with Crippen molar-refractivity contribution in [2.45, 2.75) is 63.9 Å². The van der Waals surface area contributed by atoms with E-state index in [1.165, 1.54) is 12.1 Å². The average molecular weight is 447 g/mol. The number of fused-ring (bicyclic) bond motifs is 1. The van der Waals surface area contributed by atoms with Crippen LogP contribution in [0.2, 0.25) is 0 Å². The minimum Gasteiger partial charge on any atom is -0.490 e. The van der Waals surface area contributed by atoms with Crippen LogP contribution < -0.4 is 10.1 Å². The Balaban J connectivity index is 1.69. The van der Waals surface area contributed by atoms with Crippen LogP contribution in [0.3, 0.4) is 0 Å². The van der Waals surface area contributed by atoms with E-state index in [-0.39, 0.29) is 17.7 Å². The van der Waals surface area contributed by atoms with E-state index in [1.54, 1.807) is 12.1 Å².